The molecule has 1 N–H and O–H groups in total. The van der Waals surface area contributed by atoms with Crippen LogP contribution in [0.5, 0.6) is 0 Å². The molecule has 0 bridgehead atoms. The maximum Gasteiger partial charge on any atom is 0.264 e. The van der Waals surface area contributed by atoms with Crippen molar-refractivity contribution >= 4 is 21.1 Å². The number of hydrogen-bond acceptors (Lipinski definition) is 4. The Morgan fingerprint density at radius 2 is 1.94 bits per heavy atom. The second-order valence-corrected chi connectivity index (χ2v) is 5.79. The van der Waals surface area contributed by atoms with Crippen LogP contribution in [0.3, 0.4) is 0 Å². The average Bonchev–Trinajstić information content (AvgIpc) is 2.71. The molecule has 0 amide bonds. The van der Waals surface area contributed by atoms with Gasteiger partial charge in [-0.05, 0) is 31.4 Å². The van der Waals surface area contributed by atoms with Gasteiger partial charge in [0.15, 0.2) is 5.58 Å². The minimum absolute atomic E-state index is 0.174. The average molecular weight is 269 g/mol. The van der Waals surface area contributed by atoms with Gasteiger partial charge in [-0.1, -0.05) is 23.7 Å². The minimum atomic E-state index is -3.83. The van der Waals surface area contributed by atoms with E-state index in [0.717, 1.165) is 35.9 Å². The monoisotopic (exact) mass is 269 g/mol. The highest BCUT2D eigenvalue weighted by Crippen LogP contribution is 2.19. The molecule has 0 saturated heterocycles. The van der Waals surface area contributed by atoms with Crippen LogP contribution >= 0.6 is 0 Å². The summed E-state index contributed by atoms with van der Waals surface area (Å²) in [6.45, 7) is 0. The van der Waals surface area contributed by atoms with Gasteiger partial charge in [-0.2, -0.15) is 8.42 Å². The van der Waals surface area contributed by atoms with Crippen LogP contribution in [0.15, 0.2) is 28.8 Å². The quantitative estimate of drug-likeness (QED) is 0.643. The standard InChI is InChI=1S/C12H15NO4S/c14-18(15,16)9-5-1-2-7-11-10-6-3-4-8-12(10)17-13-11/h3-4,6,8H,1-2,5,7,9H2,(H,14,15,16). The number of unbranched alkanes of at least 4 members (excludes halogenated alkanes) is 2. The largest absolute Gasteiger partial charge is 0.356 e. The normalized spacial score (nSPS) is 12.1. The lowest BCUT2D eigenvalue weighted by atomic mass is 10.1. The van der Waals surface area contributed by atoms with Crippen LogP contribution in [-0.4, -0.2) is 23.9 Å². The topological polar surface area (TPSA) is 80.4 Å². The molecule has 6 heteroatoms. The first-order valence-corrected chi connectivity index (χ1v) is 7.45. The number of rotatable bonds is 6. The Morgan fingerprint density at radius 3 is 2.72 bits per heavy atom. The zero-order chi connectivity index (χ0) is 13.0. The van der Waals surface area contributed by atoms with E-state index in [0.29, 0.717) is 6.42 Å². The summed E-state index contributed by atoms with van der Waals surface area (Å²) in [5, 5.41) is 5.01. The summed E-state index contributed by atoms with van der Waals surface area (Å²) in [6, 6.07) is 7.65. The molecule has 0 saturated carbocycles. The molecule has 1 aromatic carbocycles. The van der Waals surface area contributed by atoms with Gasteiger partial charge in [0.25, 0.3) is 10.1 Å². The van der Waals surface area contributed by atoms with Crippen LogP contribution in [0.1, 0.15) is 25.0 Å². The molecule has 1 heterocycles. The van der Waals surface area contributed by atoms with Crippen LogP contribution in [0, 0.1) is 0 Å². The SMILES string of the molecule is O=S(=O)(O)CCCCCc1noc2ccccc12. The van der Waals surface area contributed by atoms with Gasteiger partial charge in [0.2, 0.25) is 0 Å². The molecule has 98 valence electrons. The van der Waals surface area contributed by atoms with Crippen molar-refractivity contribution in [3.8, 4) is 0 Å². The first kappa shape index (κ1) is 13.0. The lowest BCUT2D eigenvalue weighted by Gasteiger charge is -1.98. The van der Waals surface area contributed by atoms with Gasteiger partial charge < -0.3 is 4.52 Å². The van der Waals surface area contributed by atoms with Gasteiger partial charge in [0.1, 0.15) is 0 Å². The summed E-state index contributed by atoms with van der Waals surface area (Å²) >= 11 is 0. The highest BCUT2D eigenvalue weighted by atomic mass is 32.2. The lowest BCUT2D eigenvalue weighted by Crippen LogP contribution is -2.03. The van der Waals surface area contributed by atoms with Crippen molar-refractivity contribution in [2.75, 3.05) is 5.75 Å². The van der Waals surface area contributed by atoms with E-state index in [4.69, 9.17) is 9.08 Å². The van der Waals surface area contributed by atoms with Crippen molar-refractivity contribution in [2.24, 2.45) is 0 Å². The molecule has 0 aliphatic carbocycles. The first-order chi connectivity index (χ1) is 8.56. The van der Waals surface area contributed by atoms with Gasteiger partial charge in [-0.25, -0.2) is 0 Å². The van der Waals surface area contributed by atoms with Crippen molar-refractivity contribution in [1.82, 2.24) is 5.16 Å². The number of aryl methyl sites for hydroxylation is 1. The third-order valence-corrected chi connectivity index (χ3v) is 3.57. The molecule has 5 nitrogen and oxygen atoms in total. The summed E-state index contributed by atoms with van der Waals surface area (Å²) in [6.07, 6.45) is 2.78. The Bertz CT molecular complexity index is 618. The maximum atomic E-state index is 10.5. The molecular weight excluding hydrogens is 254 g/mol. The number of para-hydroxylation sites is 1. The summed E-state index contributed by atoms with van der Waals surface area (Å²) in [5.74, 6) is -0.174. The molecule has 0 aliphatic heterocycles. The maximum absolute atomic E-state index is 10.5. The third-order valence-electron chi connectivity index (χ3n) is 2.77. The second-order valence-electron chi connectivity index (χ2n) is 4.22. The summed E-state index contributed by atoms with van der Waals surface area (Å²) < 4.78 is 34.8. The van der Waals surface area contributed by atoms with Gasteiger partial charge >= 0.3 is 0 Å². The third kappa shape index (κ3) is 3.54. The van der Waals surface area contributed by atoms with Crippen LogP contribution < -0.4 is 0 Å². The van der Waals surface area contributed by atoms with E-state index in [1.165, 1.54) is 0 Å². The molecule has 0 aliphatic rings. The molecule has 0 fully saturated rings. The Labute approximate surface area is 106 Å². The van der Waals surface area contributed by atoms with E-state index in [9.17, 15) is 8.42 Å². The zero-order valence-corrected chi connectivity index (χ0v) is 10.7. The Morgan fingerprint density at radius 1 is 1.17 bits per heavy atom. The van der Waals surface area contributed by atoms with Crippen LogP contribution in [0.4, 0.5) is 0 Å². The van der Waals surface area contributed by atoms with Gasteiger partial charge in [-0.3, -0.25) is 4.55 Å². The molecule has 0 unspecified atom stereocenters. The van der Waals surface area contributed by atoms with Gasteiger partial charge in [0, 0.05) is 5.39 Å². The molecule has 18 heavy (non-hydrogen) atoms. The fourth-order valence-electron chi connectivity index (χ4n) is 1.87. The summed E-state index contributed by atoms with van der Waals surface area (Å²) in [4.78, 5) is 0. The van der Waals surface area contributed by atoms with Gasteiger partial charge in [0.05, 0.1) is 11.4 Å². The predicted molar refractivity (Wildman–Crippen MR) is 68.0 cm³/mol. The van der Waals surface area contributed by atoms with Crippen LogP contribution in [0.25, 0.3) is 11.0 Å². The Balaban J connectivity index is 1.84. The lowest BCUT2D eigenvalue weighted by molar-refractivity contribution is 0.443. The smallest absolute Gasteiger partial charge is 0.264 e. The first-order valence-electron chi connectivity index (χ1n) is 5.85. The molecule has 0 atom stereocenters. The van der Waals surface area contributed by atoms with Crippen molar-refractivity contribution in [2.45, 2.75) is 25.7 Å². The molecule has 0 radical (unpaired) electrons. The highest BCUT2D eigenvalue weighted by Gasteiger charge is 2.07. The fourth-order valence-corrected chi connectivity index (χ4v) is 2.44. The molecule has 0 spiro atoms. The molecule has 1 aromatic heterocycles. The Kier molecular flexibility index (Phi) is 3.98. The van der Waals surface area contributed by atoms with E-state index in [-0.39, 0.29) is 5.75 Å². The predicted octanol–water partition coefficient (Wildman–Crippen LogP) is 2.43. The number of hydrogen-bond donors (Lipinski definition) is 1. The van der Waals surface area contributed by atoms with E-state index in [1.807, 2.05) is 24.3 Å². The highest BCUT2D eigenvalue weighted by molar-refractivity contribution is 7.85. The number of aromatic nitrogens is 1. The molecule has 2 aromatic rings. The van der Waals surface area contributed by atoms with Crippen molar-refractivity contribution < 1.29 is 17.5 Å². The van der Waals surface area contributed by atoms with Crippen molar-refractivity contribution in [3.05, 3.63) is 30.0 Å². The molecular formula is C12H15NO4S. The molecule has 2 rings (SSSR count). The van der Waals surface area contributed by atoms with Crippen molar-refractivity contribution in [3.63, 3.8) is 0 Å². The van der Waals surface area contributed by atoms with Crippen LogP contribution in [0.2, 0.25) is 0 Å². The zero-order valence-electron chi connectivity index (χ0n) is 9.87. The minimum Gasteiger partial charge on any atom is -0.356 e. The van der Waals surface area contributed by atoms with Gasteiger partial charge in [-0.15, -0.1) is 0 Å². The Hall–Kier alpha value is -1.40. The number of nitrogens with zero attached hydrogens (tertiary/aromatic N) is 1. The van der Waals surface area contributed by atoms with E-state index < -0.39 is 10.1 Å². The fraction of sp³-hybridized carbons (Fsp3) is 0.417. The van der Waals surface area contributed by atoms with E-state index in [1.54, 1.807) is 0 Å². The number of fused-ring (bicyclic) bond motifs is 1. The number of benzene rings is 1. The van der Waals surface area contributed by atoms with E-state index in [2.05, 4.69) is 5.16 Å². The second kappa shape index (κ2) is 5.49. The van der Waals surface area contributed by atoms with Crippen molar-refractivity contribution in [1.29, 1.82) is 0 Å². The van der Waals surface area contributed by atoms with Crippen LogP contribution in [-0.2, 0) is 16.5 Å². The van der Waals surface area contributed by atoms with E-state index >= 15 is 0 Å². The summed E-state index contributed by atoms with van der Waals surface area (Å²) in [5.41, 5.74) is 1.67. The summed E-state index contributed by atoms with van der Waals surface area (Å²) in [7, 11) is -3.83.